The number of ether oxygens (including phenoxy) is 2. The topological polar surface area (TPSA) is 84.9 Å². The molecule has 0 spiro atoms. The number of halogens is 6. The Morgan fingerprint density at radius 3 is 2.39 bits per heavy atom. The summed E-state index contributed by atoms with van der Waals surface area (Å²) in [5.74, 6) is -2.15. The van der Waals surface area contributed by atoms with Crippen molar-refractivity contribution in [1.29, 1.82) is 0 Å². The number of hydrogen-bond acceptors (Lipinski definition) is 6. The van der Waals surface area contributed by atoms with Gasteiger partial charge in [0.25, 0.3) is 11.1 Å². The second kappa shape index (κ2) is 12.4. The highest BCUT2D eigenvalue weighted by Crippen LogP contribution is 2.38. The molecule has 0 radical (unpaired) electrons. The van der Waals surface area contributed by atoms with E-state index in [1.165, 1.54) is 43.5 Å². The van der Waals surface area contributed by atoms with Crippen LogP contribution in [-0.4, -0.2) is 35.6 Å². The number of anilines is 1. The Kier molecular flexibility index (Phi) is 9.15. The zero-order valence-corrected chi connectivity index (χ0v) is 23.2. The van der Waals surface area contributed by atoms with Gasteiger partial charge in [-0.05, 0) is 59.8 Å². The van der Waals surface area contributed by atoms with Gasteiger partial charge in [-0.25, -0.2) is 4.39 Å². The van der Waals surface area contributed by atoms with Crippen molar-refractivity contribution in [3.05, 3.63) is 92.1 Å². The molecule has 0 aliphatic carbocycles. The molecular formula is C27H18Cl2F4N2O5S. The Morgan fingerprint density at radius 1 is 1.07 bits per heavy atom. The quantitative estimate of drug-likeness (QED) is 0.206. The monoisotopic (exact) mass is 628 g/mol. The van der Waals surface area contributed by atoms with Crippen molar-refractivity contribution in [3.63, 3.8) is 0 Å². The summed E-state index contributed by atoms with van der Waals surface area (Å²) < 4.78 is 63.7. The van der Waals surface area contributed by atoms with Gasteiger partial charge in [0.2, 0.25) is 5.91 Å². The van der Waals surface area contributed by atoms with Crippen molar-refractivity contribution in [2.45, 2.75) is 12.8 Å². The smallest absolute Gasteiger partial charge is 0.416 e. The predicted molar refractivity (Wildman–Crippen MR) is 146 cm³/mol. The summed E-state index contributed by atoms with van der Waals surface area (Å²) in [6.07, 6.45) is -3.34. The maximum Gasteiger partial charge on any atom is 0.416 e. The molecule has 14 heteroatoms. The number of imide groups is 1. The number of hydrogen-bond donors (Lipinski definition) is 1. The van der Waals surface area contributed by atoms with E-state index in [-0.39, 0.29) is 44.3 Å². The fourth-order valence-electron chi connectivity index (χ4n) is 3.67. The van der Waals surface area contributed by atoms with E-state index in [0.717, 1.165) is 12.1 Å². The Bertz CT molecular complexity index is 1540. The van der Waals surface area contributed by atoms with Gasteiger partial charge in [-0.2, -0.15) is 13.2 Å². The van der Waals surface area contributed by atoms with Crippen LogP contribution in [0.5, 0.6) is 11.5 Å². The van der Waals surface area contributed by atoms with Crippen LogP contribution in [0.25, 0.3) is 6.08 Å². The lowest BCUT2D eigenvalue weighted by Gasteiger charge is -2.16. The van der Waals surface area contributed by atoms with E-state index in [1.54, 1.807) is 6.07 Å². The van der Waals surface area contributed by atoms with Crippen molar-refractivity contribution in [2.24, 2.45) is 0 Å². The molecule has 1 aliphatic heterocycles. The molecule has 0 atom stereocenters. The molecule has 7 nitrogen and oxygen atoms in total. The summed E-state index contributed by atoms with van der Waals surface area (Å²) in [4.78, 5) is 38.5. The third kappa shape index (κ3) is 7.13. The number of methoxy groups -OCH3 is 1. The van der Waals surface area contributed by atoms with Gasteiger partial charge in [-0.15, -0.1) is 0 Å². The fraction of sp³-hybridized carbons (Fsp3) is 0.148. The van der Waals surface area contributed by atoms with Crippen molar-refractivity contribution in [1.82, 2.24) is 4.90 Å². The van der Waals surface area contributed by atoms with Crippen LogP contribution < -0.4 is 14.8 Å². The second-order valence-corrected chi connectivity index (χ2v) is 10.2. The molecule has 41 heavy (non-hydrogen) atoms. The maximum atomic E-state index is 13.9. The molecule has 1 aliphatic rings. The van der Waals surface area contributed by atoms with Crippen LogP contribution in [0.4, 0.5) is 28.0 Å². The van der Waals surface area contributed by atoms with Gasteiger partial charge in [0.05, 0.1) is 33.3 Å². The van der Waals surface area contributed by atoms with Crippen LogP contribution in [0.2, 0.25) is 10.0 Å². The zero-order valence-electron chi connectivity index (χ0n) is 20.9. The third-order valence-electron chi connectivity index (χ3n) is 5.62. The molecule has 0 bridgehead atoms. The minimum absolute atomic E-state index is 0.0459. The molecule has 1 heterocycles. The van der Waals surface area contributed by atoms with Crippen LogP contribution in [0.1, 0.15) is 16.7 Å². The molecule has 0 unspecified atom stereocenters. The molecule has 0 saturated carbocycles. The summed E-state index contributed by atoms with van der Waals surface area (Å²) in [5.41, 5.74) is -0.685. The van der Waals surface area contributed by atoms with Gasteiger partial charge in [-0.1, -0.05) is 41.4 Å². The highest BCUT2D eigenvalue weighted by atomic mass is 35.5. The zero-order chi connectivity index (χ0) is 29.9. The van der Waals surface area contributed by atoms with E-state index < -0.39 is 41.2 Å². The van der Waals surface area contributed by atoms with E-state index >= 15 is 0 Å². The first kappa shape index (κ1) is 30.2. The van der Waals surface area contributed by atoms with Gasteiger partial charge in [-0.3, -0.25) is 19.3 Å². The van der Waals surface area contributed by atoms with E-state index in [1.807, 2.05) is 0 Å². The molecule has 1 N–H and O–H groups in total. The fourth-order valence-corrected chi connectivity index (χ4v) is 5.12. The normalized spacial score (nSPS) is 14.5. The Labute approximate surface area is 245 Å². The van der Waals surface area contributed by atoms with E-state index in [9.17, 15) is 31.9 Å². The van der Waals surface area contributed by atoms with Crippen LogP contribution >= 0.6 is 35.0 Å². The van der Waals surface area contributed by atoms with Crippen LogP contribution in [-0.2, 0) is 22.4 Å². The Balaban J connectivity index is 1.46. The third-order valence-corrected chi connectivity index (χ3v) is 7.09. The number of alkyl halides is 3. The second-order valence-electron chi connectivity index (χ2n) is 8.42. The van der Waals surface area contributed by atoms with E-state index in [2.05, 4.69) is 5.32 Å². The molecule has 1 fully saturated rings. The van der Waals surface area contributed by atoms with Gasteiger partial charge in [0, 0.05) is 5.56 Å². The molecule has 3 aromatic carbocycles. The first-order valence-corrected chi connectivity index (χ1v) is 13.1. The number of nitrogens with zero attached hydrogens (tertiary/aromatic N) is 1. The first-order chi connectivity index (χ1) is 19.4. The van der Waals surface area contributed by atoms with Crippen molar-refractivity contribution in [3.8, 4) is 11.5 Å². The molecule has 1 saturated heterocycles. The number of carbonyl (C=O) groups is 3. The van der Waals surface area contributed by atoms with Crippen LogP contribution in [0, 0.1) is 5.82 Å². The summed E-state index contributed by atoms with van der Waals surface area (Å²) in [7, 11) is 1.21. The van der Waals surface area contributed by atoms with Gasteiger partial charge >= 0.3 is 6.18 Å². The van der Waals surface area contributed by atoms with Crippen molar-refractivity contribution in [2.75, 3.05) is 19.0 Å². The summed E-state index contributed by atoms with van der Waals surface area (Å²) >= 11 is 13.1. The summed E-state index contributed by atoms with van der Waals surface area (Å²) in [5, 5.41) is 1.60. The molecule has 3 amide bonds. The average molecular weight is 629 g/mol. The number of benzene rings is 3. The molecule has 4 rings (SSSR count). The lowest BCUT2D eigenvalue weighted by molar-refractivity contribution is -0.137. The number of amides is 3. The number of carbonyl (C=O) groups excluding carboxylic acids is 3. The Morgan fingerprint density at radius 2 is 1.76 bits per heavy atom. The predicted octanol–water partition coefficient (Wildman–Crippen LogP) is 7.41. The summed E-state index contributed by atoms with van der Waals surface area (Å²) in [6, 6.07) is 11.4. The lowest BCUT2D eigenvalue weighted by Crippen LogP contribution is -2.36. The molecule has 3 aromatic rings. The van der Waals surface area contributed by atoms with E-state index in [0.29, 0.717) is 28.3 Å². The highest BCUT2D eigenvalue weighted by Gasteiger charge is 2.37. The van der Waals surface area contributed by atoms with Gasteiger partial charge < -0.3 is 14.8 Å². The molecule has 0 aromatic heterocycles. The van der Waals surface area contributed by atoms with Crippen molar-refractivity contribution < 1.29 is 41.4 Å². The van der Waals surface area contributed by atoms with Gasteiger partial charge in [0.15, 0.2) is 5.75 Å². The molecular weight excluding hydrogens is 611 g/mol. The Hall–Kier alpha value is -3.74. The van der Waals surface area contributed by atoms with Crippen LogP contribution in [0.3, 0.4) is 0 Å². The minimum atomic E-state index is -4.67. The lowest BCUT2D eigenvalue weighted by atomic mass is 10.1. The highest BCUT2D eigenvalue weighted by molar-refractivity contribution is 8.18. The summed E-state index contributed by atoms with van der Waals surface area (Å²) in [6.45, 7) is -0.898. The average Bonchev–Trinajstić information content (AvgIpc) is 3.15. The maximum absolute atomic E-state index is 13.9. The number of nitrogens with one attached hydrogen (secondary N) is 1. The largest absolute Gasteiger partial charge is 0.495 e. The number of rotatable bonds is 8. The minimum Gasteiger partial charge on any atom is -0.495 e. The molecule has 214 valence electrons. The van der Waals surface area contributed by atoms with Crippen molar-refractivity contribution >= 4 is 63.8 Å². The SMILES string of the molecule is COc1ccc(C(F)(F)F)cc1NC(=O)CN1C(=O)S/C(=C\c2cc(Cl)c(OCc3ccccc3F)c(Cl)c2)C1=O. The first-order valence-electron chi connectivity index (χ1n) is 11.5. The standard InChI is InChI=1S/C27H18Cl2F4N2O5S/c1-39-21-7-6-16(27(31,32)33)11-20(21)34-23(36)12-35-25(37)22(41-26(35)38)10-14-8-17(28)24(18(29)9-14)40-13-15-4-2-3-5-19(15)30/h2-11H,12-13H2,1H3,(H,34,36)/b22-10-. The van der Waals surface area contributed by atoms with Gasteiger partial charge in [0.1, 0.15) is 24.7 Å². The number of thioether (sulfide) groups is 1. The van der Waals surface area contributed by atoms with Crippen LogP contribution in [0.15, 0.2) is 59.5 Å². The van der Waals surface area contributed by atoms with E-state index in [4.69, 9.17) is 32.7 Å².